The molecule has 0 amide bonds. The quantitative estimate of drug-likeness (QED) is 0.715. The van der Waals surface area contributed by atoms with E-state index in [4.69, 9.17) is 22.3 Å². The number of fused-ring (bicyclic) bond motifs is 1. The van der Waals surface area contributed by atoms with Crippen LogP contribution in [0.1, 0.15) is 18.9 Å². The zero-order chi connectivity index (χ0) is 15.0. The van der Waals surface area contributed by atoms with Gasteiger partial charge < -0.3 is 10.3 Å². The molecule has 0 fully saturated rings. The summed E-state index contributed by atoms with van der Waals surface area (Å²) in [5.74, 6) is 0.978. The van der Waals surface area contributed by atoms with Crippen molar-refractivity contribution in [1.29, 1.82) is 0 Å². The Morgan fingerprint density at radius 2 is 2.00 bits per heavy atom. The number of nitrogens with two attached hydrogens (primary N) is 1. The van der Waals surface area contributed by atoms with Crippen molar-refractivity contribution in [3.63, 3.8) is 0 Å². The number of aryl methyl sites for hydroxylation is 2. The van der Waals surface area contributed by atoms with Crippen LogP contribution < -0.4 is 5.73 Å². The lowest BCUT2D eigenvalue weighted by Gasteiger charge is -2.10. The molecule has 1 heterocycles. The molecule has 0 atom stereocenters. The molecule has 0 aliphatic carbocycles. The van der Waals surface area contributed by atoms with Crippen LogP contribution in [-0.4, -0.2) is 9.55 Å². The van der Waals surface area contributed by atoms with Gasteiger partial charge in [0.1, 0.15) is 5.82 Å². The van der Waals surface area contributed by atoms with Gasteiger partial charge in [0.15, 0.2) is 0 Å². The van der Waals surface area contributed by atoms with Crippen molar-refractivity contribution in [2.45, 2.75) is 26.8 Å². The molecule has 4 heteroatoms. The molecule has 2 aromatic carbocycles. The molecule has 3 aromatic rings. The van der Waals surface area contributed by atoms with E-state index >= 15 is 0 Å². The first-order chi connectivity index (χ1) is 10.1. The summed E-state index contributed by atoms with van der Waals surface area (Å²) in [6.45, 7) is 5.14. The first-order valence-corrected chi connectivity index (χ1v) is 7.50. The molecule has 2 N–H and O–H groups in total. The Bertz CT molecular complexity index is 805. The molecule has 0 bridgehead atoms. The molecule has 0 radical (unpaired) electrons. The molecule has 0 unspecified atom stereocenters. The third-order valence-corrected chi connectivity index (χ3v) is 3.88. The standard InChI is InChI=1S/C17H18ClN3/c1-3-8-21-16-10-12(18)4-7-15(16)20-17(21)14-6-5-13(19)9-11(14)2/h4-7,9-10H,3,8,19H2,1-2H3. The lowest BCUT2D eigenvalue weighted by Crippen LogP contribution is -2.01. The minimum absolute atomic E-state index is 0.736. The molecule has 0 saturated heterocycles. The minimum atomic E-state index is 0.736. The maximum atomic E-state index is 6.14. The van der Waals surface area contributed by atoms with Crippen molar-refractivity contribution < 1.29 is 0 Å². The molecular weight excluding hydrogens is 282 g/mol. The minimum Gasteiger partial charge on any atom is -0.399 e. The smallest absolute Gasteiger partial charge is 0.141 e. The maximum Gasteiger partial charge on any atom is 0.141 e. The van der Waals surface area contributed by atoms with Crippen LogP contribution in [0.4, 0.5) is 5.69 Å². The van der Waals surface area contributed by atoms with Crippen LogP contribution >= 0.6 is 11.6 Å². The molecule has 3 nitrogen and oxygen atoms in total. The van der Waals surface area contributed by atoms with Gasteiger partial charge in [-0.05, 0) is 55.3 Å². The molecule has 108 valence electrons. The molecule has 0 aliphatic heterocycles. The highest BCUT2D eigenvalue weighted by molar-refractivity contribution is 6.31. The van der Waals surface area contributed by atoms with Gasteiger partial charge in [0.25, 0.3) is 0 Å². The van der Waals surface area contributed by atoms with Gasteiger partial charge in [-0.1, -0.05) is 18.5 Å². The molecule has 0 saturated carbocycles. The van der Waals surface area contributed by atoms with Crippen molar-refractivity contribution in [2.24, 2.45) is 0 Å². The van der Waals surface area contributed by atoms with Crippen molar-refractivity contribution in [3.05, 3.63) is 47.0 Å². The van der Waals surface area contributed by atoms with Gasteiger partial charge in [-0.3, -0.25) is 0 Å². The number of nitrogen functional groups attached to an aromatic ring is 1. The van der Waals surface area contributed by atoms with E-state index in [2.05, 4.69) is 18.4 Å². The molecule has 0 aliphatic rings. The fraction of sp³-hybridized carbons (Fsp3) is 0.235. The number of benzene rings is 2. The lowest BCUT2D eigenvalue weighted by molar-refractivity contribution is 0.704. The molecular formula is C17H18ClN3. The van der Waals surface area contributed by atoms with Crippen LogP contribution in [0, 0.1) is 6.92 Å². The predicted octanol–water partition coefficient (Wildman–Crippen LogP) is 4.66. The highest BCUT2D eigenvalue weighted by atomic mass is 35.5. The van der Waals surface area contributed by atoms with Gasteiger partial charge in [-0.2, -0.15) is 0 Å². The molecule has 1 aromatic heterocycles. The molecule has 21 heavy (non-hydrogen) atoms. The number of halogens is 1. The zero-order valence-electron chi connectivity index (χ0n) is 12.2. The second kappa shape index (κ2) is 5.41. The fourth-order valence-electron chi connectivity index (χ4n) is 2.69. The van der Waals surface area contributed by atoms with E-state index in [0.29, 0.717) is 0 Å². The third kappa shape index (κ3) is 2.49. The Labute approximate surface area is 129 Å². The van der Waals surface area contributed by atoms with Gasteiger partial charge in [0.2, 0.25) is 0 Å². The van der Waals surface area contributed by atoms with E-state index in [1.165, 1.54) is 0 Å². The second-order valence-electron chi connectivity index (χ2n) is 5.29. The van der Waals surface area contributed by atoms with Crippen LogP contribution in [0.5, 0.6) is 0 Å². The number of hydrogen-bond donors (Lipinski definition) is 1. The van der Waals surface area contributed by atoms with E-state index in [-0.39, 0.29) is 0 Å². The van der Waals surface area contributed by atoms with Gasteiger partial charge >= 0.3 is 0 Å². The van der Waals surface area contributed by atoms with Crippen LogP contribution in [0.15, 0.2) is 36.4 Å². The van der Waals surface area contributed by atoms with Crippen LogP contribution in [0.25, 0.3) is 22.4 Å². The van der Waals surface area contributed by atoms with Gasteiger partial charge in [-0.15, -0.1) is 0 Å². The van der Waals surface area contributed by atoms with E-state index in [0.717, 1.165) is 51.7 Å². The molecule has 0 spiro atoms. The van der Waals surface area contributed by atoms with Crippen LogP contribution in [0.3, 0.4) is 0 Å². The van der Waals surface area contributed by atoms with Crippen molar-refractivity contribution >= 4 is 28.3 Å². The number of aromatic nitrogens is 2. The zero-order valence-corrected chi connectivity index (χ0v) is 13.0. The SMILES string of the molecule is CCCn1c(-c2ccc(N)cc2C)nc2ccc(Cl)cc21. The Kier molecular flexibility index (Phi) is 3.60. The predicted molar refractivity (Wildman–Crippen MR) is 89.6 cm³/mol. The van der Waals surface area contributed by atoms with Crippen molar-refractivity contribution in [3.8, 4) is 11.4 Å². The Hall–Kier alpha value is -2.00. The first kappa shape index (κ1) is 14.0. The summed E-state index contributed by atoms with van der Waals surface area (Å²) in [7, 11) is 0. The lowest BCUT2D eigenvalue weighted by atomic mass is 10.1. The van der Waals surface area contributed by atoms with Crippen molar-refractivity contribution in [1.82, 2.24) is 9.55 Å². The average Bonchev–Trinajstić information content (AvgIpc) is 2.78. The highest BCUT2D eigenvalue weighted by Gasteiger charge is 2.14. The largest absolute Gasteiger partial charge is 0.399 e. The maximum absolute atomic E-state index is 6.14. The topological polar surface area (TPSA) is 43.8 Å². The summed E-state index contributed by atoms with van der Waals surface area (Å²) in [6, 6.07) is 11.8. The summed E-state index contributed by atoms with van der Waals surface area (Å²) in [6.07, 6.45) is 1.04. The van der Waals surface area contributed by atoms with Crippen LogP contribution in [-0.2, 0) is 6.54 Å². The van der Waals surface area contributed by atoms with E-state index < -0.39 is 0 Å². The van der Waals surface area contributed by atoms with Crippen molar-refractivity contribution in [2.75, 3.05) is 5.73 Å². The normalized spacial score (nSPS) is 11.2. The van der Waals surface area contributed by atoms with Gasteiger partial charge in [0.05, 0.1) is 11.0 Å². The first-order valence-electron chi connectivity index (χ1n) is 7.12. The van der Waals surface area contributed by atoms with Crippen LogP contribution in [0.2, 0.25) is 5.02 Å². The second-order valence-corrected chi connectivity index (χ2v) is 5.73. The number of nitrogens with zero attached hydrogens (tertiary/aromatic N) is 2. The molecule has 3 rings (SSSR count). The Balaban J connectivity index is 2.28. The third-order valence-electron chi connectivity index (χ3n) is 3.65. The Morgan fingerprint density at radius 1 is 1.19 bits per heavy atom. The number of imidazole rings is 1. The highest BCUT2D eigenvalue weighted by Crippen LogP contribution is 2.30. The summed E-state index contributed by atoms with van der Waals surface area (Å²) in [4.78, 5) is 4.80. The van der Waals surface area contributed by atoms with E-state index in [1.54, 1.807) is 0 Å². The van der Waals surface area contributed by atoms with E-state index in [9.17, 15) is 0 Å². The fourth-order valence-corrected chi connectivity index (χ4v) is 2.86. The summed E-state index contributed by atoms with van der Waals surface area (Å²) in [5.41, 5.74) is 10.9. The summed E-state index contributed by atoms with van der Waals surface area (Å²) in [5, 5.41) is 0.736. The Morgan fingerprint density at radius 3 is 2.71 bits per heavy atom. The number of hydrogen-bond acceptors (Lipinski definition) is 2. The average molecular weight is 300 g/mol. The monoisotopic (exact) mass is 299 g/mol. The number of rotatable bonds is 3. The summed E-state index contributed by atoms with van der Waals surface area (Å²) >= 11 is 6.14. The summed E-state index contributed by atoms with van der Waals surface area (Å²) < 4.78 is 2.24. The number of anilines is 1. The van der Waals surface area contributed by atoms with E-state index in [1.807, 2.05) is 36.4 Å². The van der Waals surface area contributed by atoms with Gasteiger partial charge in [0, 0.05) is 22.8 Å². The van der Waals surface area contributed by atoms with Gasteiger partial charge in [-0.25, -0.2) is 4.98 Å².